The van der Waals surface area contributed by atoms with Crippen LogP contribution in [0.15, 0.2) is 212 Å². The van der Waals surface area contributed by atoms with Crippen molar-refractivity contribution in [1.29, 1.82) is 0 Å². The second-order valence-electron chi connectivity index (χ2n) is 22.0. The lowest BCUT2D eigenvalue weighted by Gasteiger charge is -2.53. The molecular weight excluding hydrogens is 1140 g/mol. The number of carbonyl (C=O) groups is 3. The topological polar surface area (TPSA) is 199 Å². The summed E-state index contributed by atoms with van der Waals surface area (Å²) in [5.41, 5.74) is 4.36. The number of fused-ring (bicyclic) bond motifs is 2. The van der Waals surface area contributed by atoms with Crippen LogP contribution in [0, 0.1) is 0 Å². The number of hydrogen-bond donors (Lipinski definition) is 0. The van der Waals surface area contributed by atoms with Crippen molar-refractivity contribution in [2.45, 2.75) is 131 Å². The summed E-state index contributed by atoms with van der Waals surface area (Å²) in [5, 5.41) is 0. The van der Waals surface area contributed by atoms with Gasteiger partial charge in [-0.25, -0.2) is 9.59 Å². The summed E-state index contributed by atoms with van der Waals surface area (Å²) in [6, 6.07) is 64.3. The van der Waals surface area contributed by atoms with Gasteiger partial charge in [0.05, 0.1) is 50.8 Å². The van der Waals surface area contributed by atoms with Crippen molar-refractivity contribution in [3.63, 3.8) is 0 Å². The van der Waals surface area contributed by atoms with Crippen LogP contribution in [-0.4, -0.2) is 137 Å². The Kier molecular flexibility index (Phi) is 20.7. The average molecular weight is 1220 g/mol. The zero-order valence-corrected chi connectivity index (χ0v) is 49.0. The average Bonchev–Trinajstić information content (AvgIpc) is 2.21. The van der Waals surface area contributed by atoms with Gasteiger partial charge in [0.2, 0.25) is 0 Å². The Bertz CT molecular complexity index is 3320. The van der Waals surface area contributed by atoms with Crippen LogP contribution in [0.2, 0.25) is 0 Å². The molecule has 89 heavy (non-hydrogen) atoms. The summed E-state index contributed by atoms with van der Waals surface area (Å²) in [6.45, 7) is 1.48. The van der Waals surface area contributed by atoms with Crippen LogP contribution in [0.4, 0.5) is 0 Å². The Morgan fingerprint density at radius 3 is 1.24 bits per heavy atom. The third kappa shape index (κ3) is 15.2. The van der Waals surface area contributed by atoms with Gasteiger partial charge in [-0.3, -0.25) is 4.79 Å². The van der Waals surface area contributed by atoms with Crippen LogP contribution in [0.3, 0.4) is 0 Å². The van der Waals surface area contributed by atoms with Gasteiger partial charge in [-0.2, -0.15) is 0 Å². The molecule has 5 fully saturated rings. The summed E-state index contributed by atoms with van der Waals surface area (Å²) < 4.78 is 108. The van der Waals surface area contributed by atoms with Crippen LogP contribution >= 0.6 is 0 Å². The van der Waals surface area contributed by atoms with Gasteiger partial charge in [0.1, 0.15) is 54.9 Å². The van der Waals surface area contributed by atoms with E-state index in [1.54, 1.807) is 60.7 Å². The minimum Gasteiger partial charge on any atom is -0.454 e. The molecule has 7 aromatic carbocycles. The molecule has 17 atom stereocenters. The fraction of sp³-hybridized carbons (Fsp3) is 0.357. The van der Waals surface area contributed by atoms with E-state index in [1.165, 1.54) is 14.0 Å². The first-order valence-electron chi connectivity index (χ1n) is 29.8. The molecule has 7 aromatic rings. The predicted molar refractivity (Wildman–Crippen MR) is 316 cm³/mol. The fourth-order valence-corrected chi connectivity index (χ4v) is 11.6. The van der Waals surface area contributed by atoms with E-state index in [0.717, 1.165) is 16.7 Å². The molecule has 12 rings (SSSR count). The highest BCUT2D eigenvalue weighted by molar-refractivity contribution is 5.90. The van der Waals surface area contributed by atoms with Gasteiger partial charge in [-0.05, 0) is 41.0 Å². The molecule has 2 unspecified atom stereocenters. The van der Waals surface area contributed by atoms with Gasteiger partial charge in [-0.15, -0.1) is 0 Å². The van der Waals surface area contributed by atoms with Gasteiger partial charge in [-0.1, -0.05) is 188 Å². The minimum atomic E-state index is -1.64. The van der Waals surface area contributed by atoms with Crippen molar-refractivity contribution >= 4 is 17.9 Å². The third-order valence-electron chi connectivity index (χ3n) is 15.9. The Balaban J connectivity index is 0.968. The zero-order chi connectivity index (χ0) is 60.9. The molecule has 5 aliphatic heterocycles. The Labute approximate surface area is 515 Å². The third-order valence-corrected chi connectivity index (χ3v) is 15.9. The summed E-state index contributed by atoms with van der Waals surface area (Å²) in [7, 11) is 1.41. The maximum Gasteiger partial charge on any atom is 0.338 e. The molecule has 0 aromatic heterocycles. The number of hydrogen-bond acceptors (Lipinski definition) is 19. The van der Waals surface area contributed by atoms with Crippen molar-refractivity contribution in [2.24, 2.45) is 0 Å². The van der Waals surface area contributed by atoms with Gasteiger partial charge in [0.15, 0.2) is 49.8 Å². The first-order chi connectivity index (χ1) is 43.7. The Morgan fingerprint density at radius 2 is 0.787 bits per heavy atom. The van der Waals surface area contributed by atoms with E-state index in [0.29, 0.717) is 11.1 Å². The van der Waals surface area contributed by atoms with E-state index in [1.807, 2.05) is 152 Å². The minimum absolute atomic E-state index is 0.00339. The summed E-state index contributed by atoms with van der Waals surface area (Å²) >= 11 is 0. The SMILES string of the molecule is CO[C@@H]1O[C@@H]2COC(c3ccccc3)O[C@H]2[C@H](O[C@@H]2O[C@@H]3COC(c4ccccc4)O[C@H]3[C@H](O[C@@H]3O[C@H](COCc4ccccc4)[C@@H](OCc4ccccc4)[C@H](OCc4ccccc4)[C@H]3OC(C)=O)[C@H]2OC(=O)c2ccccc2)[C@H]1OC(=O)c1ccccc1. The first-order valence-corrected chi connectivity index (χ1v) is 29.8. The van der Waals surface area contributed by atoms with E-state index in [9.17, 15) is 14.4 Å². The molecule has 0 bridgehead atoms. The quantitative estimate of drug-likeness (QED) is 0.0458. The lowest BCUT2D eigenvalue weighted by molar-refractivity contribution is -0.415. The van der Waals surface area contributed by atoms with Crippen molar-refractivity contribution < 1.29 is 90.2 Å². The lowest BCUT2D eigenvalue weighted by Crippen LogP contribution is -2.69. The first kappa shape index (κ1) is 61.7. The lowest BCUT2D eigenvalue weighted by atomic mass is 9.94. The highest BCUT2D eigenvalue weighted by atomic mass is 16.8. The van der Waals surface area contributed by atoms with E-state index in [2.05, 4.69) is 0 Å². The standard InChI is InChI=1S/C70H70O19/c1-44(71)80-61-58(77-40-47-28-14-5-15-29-47)55(76-39-46-26-12-4-13-27-46)52(41-75-38-45-24-10-3-11-25-45)82-69(61)89-60-57-54(43-79-67(87-57)51-36-22-9-23-37-51)83-70(63(60)85-65(73)49-32-18-7-19-33-49)88-59-56-53(42-78-66(86-56)50-34-20-8-21-35-50)81-68(74-2)62(59)84-64(72)48-30-16-6-17-31-48/h3-37,52-63,66-70H,38-43H2,1-2H3/t52-,53-,54-,55-,56-,57-,58+,59+,60+,61-,62-,63-,66?,67?,68-,69+,70+/m1/s1. The summed E-state index contributed by atoms with van der Waals surface area (Å²) in [6.07, 6.45) is -20.7. The number of esters is 3. The van der Waals surface area contributed by atoms with E-state index in [-0.39, 0.29) is 50.8 Å². The molecule has 464 valence electrons. The molecule has 0 aliphatic carbocycles. The van der Waals surface area contributed by atoms with Crippen LogP contribution in [0.25, 0.3) is 0 Å². The van der Waals surface area contributed by atoms with Crippen molar-refractivity contribution in [3.8, 4) is 0 Å². The van der Waals surface area contributed by atoms with Crippen molar-refractivity contribution in [3.05, 3.63) is 251 Å². The van der Waals surface area contributed by atoms with Crippen LogP contribution in [-0.2, 0) is 100 Å². The van der Waals surface area contributed by atoms with Crippen LogP contribution in [0.1, 0.15) is 68.0 Å². The van der Waals surface area contributed by atoms with Crippen LogP contribution in [0.5, 0.6) is 0 Å². The highest BCUT2D eigenvalue weighted by Crippen LogP contribution is 2.43. The number of methoxy groups -OCH3 is 1. The number of benzene rings is 7. The van der Waals surface area contributed by atoms with Crippen molar-refractivity contribution in [2.75, 3.05) is 26.9 Å². The molecule has 0 N–H and O–H groups in total. The number of rotatable bonds is 22. The largest absolute Gasteiger partial charge is 0.454 e. The molecule has 5 aliphatic rings. The molecule has 5 heterocycles. The Morgan fingerprint density at radius 1 is 0.404 bits per heavy atom. The second kappa shape index (κ2) is 29.8. The second-order valence-corrected chi connectivity index (χ2v) is 22.0. The molecule has 0 saturated carbocycles. The van der Waals surface area contributed by atoms with E-state index < -0.39 is 123 Å². The number of carbonyl (C=O) groups excluding carboxylic acids is 3. The van der Waals surface area contributed by atoms with Gasteiger partial charge in [0.25, 0.3) is 0 Å². The molecule has 0 spiro atoms. The predicted octanol–water partition coefficient (Wildman–Crippen LogP) is 9.58. The van der Waals surface area contributed by atoms with Gasteiger partial charge in [0, 0.05) is 25.2 Å². The maximum absolute atomic E-state index is 15.0. The van der Waals surface area contributed by atoms with Gasteiger partial charge < -0.3 is 75.8 Å². The smallest absolute Gasteiger partial charge is 0.338 e. The molecule has 19 heteroatoms. The molecule has 0 amide bonds. The van der Waals surface area contributed by atoms with Crippen molar-refractivity contribution in [1.82, 2.24) is 0 Å². The zero-order valence-electron chi connectivity index (χ0n) is 49.0. The summed E-state index contributed by atoms with van der Waals surface area (Å²) in [5.74, 6) is -2.20. The van der Waals surface area contributed by atoms with E-state index >= 15 is 0 Å². The normalized spacial score (nSPS) is 30.0. The molecular formula is C70H70O19. The van der Waals surface area contributed by atoms with E-state index in [4.69, 9.17) is 75.8 Å². The fourth-order valence-electron chi connectivity index (χ4n) is 11.6. The molecule has 0 radical (unpaired) electrons. The molecule has 19 nitrogen and oxygen atoms in total. The number of ether oxygens (including phenoxy) is 16. The van der Waals surface area contributed by atoms with Crippen LogP contribution < -0.4 is 0 Å². The maximum atomic E-state index is 15.0. The summed E-state index contributed by atoms with van der Waals surface area (Å²) in [4.78, 5) is 43.0. The highest BCUT2D eigenvalue weighted by Gasteiger charge is 2.60. The Hall–Kier alpha value is -7.57. The van der Waals surface area contributed by atoms with Gasteiger partial charge >= 0.3 is 17.9 Å². The monoisotopic (exact) mass is 1210 g/mol. The molecule has 5 saturated heterocycles.